The number of alkyl carbamates (subject to hydrolysis) is 2. The Balaban J connectivity index is 2.10. The van der Waals surface area contributed by atoms with Crippen molar-refractivity contribution in [1.82, 2.24) is 10.6 Å². The molecule has 0 aliphatic heterocycles. The fraction of sp³-hybridized carbons (Fsp3) is 0.364. The third kappa shape index (κ3) is 13.8. The second kappa shape index (κ2) is 16.6. The highest BCUT2D eigenvalue weighted by molar-refractivity contribution is 5.81. The molecule has 1 aromatic rings. The molecule has 33 heavy (non-hydrogen) atoms. The minimum absolute atomic E-state index is 0.0196. The molecule has 1 aromatic carbocycles. The fourth-order valence-electron chi connectivity index (χ4n) is 2.14. The van der Waals surface area contributed by atoms with Crippen molar-refractivity contribution in [2.45, 2.75) is 6.42 Å². The average molecular weight is 464 g/mol. The fourth-order valence-corrected chi connectivity index (χ4v) is 2.14. The molecule has 0 spiro atoms. The minimum Gasteiger partial charge on any atom is -0.490 e. The number of carbonyl (C=O) groups is 4. The van der Waals surface area contributed by atoms with Gasteiger partial charge in [0.2, 0.25) is 0 Å². The third-order valence-corrected chi connectivity index (χ3v) is 3.70. The summed E-state index contributed by atoms with van der Waals surface area (Å²) in [6.45, 7) is 7.20. The maximum atomic E-state index is 11.5. The first-order valence-corrected chi connectivity index (χ1v) is 10.1. The lowest BCUT2D eigenvalue weighted by Gasteiger charge is -2.10. The Kier molecular flexibility index (Phi) is 13.6. The number of hydrogen-bond donors (Lipinski definition) is 2. The first-order valence-electron chi connectivity index (χ1n) is 10.1. The van der Waals surface area contributed by atoms with Crippen LogP contribution < -0.4 is 15.4 Å². The lowest BCUT2D eigenvalue weighted by atomic mass is 10.1. The van der Waals surface area contributed by atoms with Gasteiger partial charge < -0.3 is 34.3 Å². The van der Waals surface area contributed by atoms with E-state index < -0.39 is 24.1 Å². The van der Waals surface area contributed by atoms with E-state index in [1.165, 1.54) is 0 Å². The van der Waals surface area contributed by atoms with Crippen LogP contribution in [0.4, 0.5) is 9.59 Å². The van der Waals surface area contributed by atoms with Gasteiger partial charge in [-0.15, -0.1) is 0 Å². The molecule has 11 heteroatoms. The molecule has 11 nitrogen and oxygen atoms in total. The summed E-state index contributed by atoms with van der Waals surface area (Å²) in [6, 6.07) is 7.14. The monoisotopic (exact) mass is 464 g/mol. The lowest BCUT2D eigenvalue weighted by Crippen LogP contribution is -2.29. The number of rotatable bonds is 15. The van der Waals surface area contributed by atoms with Crippen LogP contribution in [0.25, 0.3) is 0 Å². The van der Waals surface area contributed by atoms with Crippen molar-refractivity contribution in [2.24, 2.45) is 0 Å². The molecule has 0 saturated carbocycles. The van der Waals surface area contributed by atoms with Crippen LogP contribution in [0.15, 0.2) is 49.6 Å². The molecule has 1 rings (SSSR count). The van der Waals surface area contributed by atoms with Gasteiger partial charge in [0.15, 0.2) is 0 Å². The standard InChI is InChI=1S/C22H28N2O9/c1-3-19(25)30-13-10-23-21(27)32-12-9-17-5-7-18(8-6-17)29-15-16-33-22(28)24-11-14-31-20(26)4-2/h3-8H,1-2,9-16H2,(H,23,27)(H,24,28). The molecule has 180 valence electrons. The van der Waals surface area contributed by atoms with Gasteiger partial charge in [0.05, 0.1) is 19.7 Å². The summed E-state index contributed by atoms with van der Waals surface area (Å²) in [5.74, 6) is -0.536. The topological polar surface area (TPSA) is 138 Å². The Morgan fingerprint density at radius 2 is 1.21 bits per heavy atom. The summed E-state index contributed by atoms with van der Waals surface area (Å²) in [5, 5.41) is 4.88. The largest absolute Gasteiger partial charge is 0.490 e. The van der Waals surface area contributed by atoms with E-state index in [1.807, 2.05) is 12.1 Å². The van der Waals surface area contributed by atoms with E-state index >= 15 is 0 Å². The zero-order chi connectivity index (χ0) is 24.3. The summed E-state index contributed by atoms with van der Waals surface area (Å²) in [5.41, 5.74) is 0.933. The Bertz CT molecular complexity index is 794. The smallest absolute Gasteiger partial charge is 0.407 e. The maximum Gasteiger partial charge on any atom is 0.407 e. The maximum absolute atomic E-state index is 11.5. The molecule has 0 heterocycles. The van der Waals surface area contributed by atoms with Gasteiger partial charge >= 0.3 is 24.1 Å². The summed E-state index contributed by atoms with van der Waals surface area (Å²) >= 11 is 0. The van der Waals surface area contributed by atoms with Gasteiger partial charge in [-0.2, -0.15) is 0 Å². The molecule has 0 bridgehead atoms. The van der Waals surface area contributed by atoms with Crippen molar-refractivity contribution in [3.63, 3.8) is 0 Å². The molecular formula is C22H28N2O9. The highest BCUT2D eigenvalue weighted by atomic mass is 16.6. The Morgan fingerprint density at radius 3 is 1.73 bits per heavy atom. The van der Waals surface area contributed by atoms with Crippen molar-refractivity contribution in [2.75, 3.05) is 46.1 Å². The molecule has 0 atom stereocenters. The normalized spacial score (nSPS) is 9.70. The number of ether oxygens (including phenoxy) is 5. The predicted octanol–water partition coefficient (Wildman–Crippen LogP) is 1.52. The SMILES string of the molecule is C=CC(=O)OCCNC(=O)OCCOc1ccc(CCOC(=O)NCCOC(=O)C=C)cc1. The zero-order valence-corrected chi connectivity index (χ0v) is 18.2. The van der Waals surface area contributed by atoms with Crippen LogP contribution in [0.2, 0.25) is 0 Å². The Morgan fingerprint density at radius 1 is 0.697 bits per heavy atom. The van der Waals surface area contributed by atoms with E-state index in [-0.39, 0.29) is 46.1 Å². The first-order chi connectivity index (χ1) is 15.9. The van der Waals surface area contributed by atoms with Gasteiger partial charge in [-0.25, -0.2) is 19.2 Å². The van der Waals surface area contributed by atoms with Gasteiger partial charge in [0.25, 0.3) is 0 Å². The van der Waals surface area contributed by atoms with Gasteiger partial charge in [0.1, 0.15) is 32.2 Å². The molecule has 0 aliphatic carbocycles. The second-order valence-corrected chi connectivity index (χ2v) is 6.11. The quantitative estimate of drug-likeness (QED) is 0.171. The van der Waals surface area contributed by atoms with Crippen LogP contribution >= 0.6 is 0 Å². The van der Waals surface area contributed by atoms with Crippen molar-refractivity contribution in [1.29, 1.82) is 0 Å². The molecule has 0 aliphatic rings. The van der Waals surface area contributed by atoms with Crippen LogP contribution in [0.5, 0.6) is 5.75 Å². The summed E-state index contributed by atoms with van der Waals surface area (Å²) < 4.78 is 24.9. The van der Waals surface area contributed by atoms with Crippen LogP contribution in [0.1, 0.15) is 5.56 Å². The van der Waals surface area contributed by atoms with Gasteiger partial charge in [-0.1, -0.05) is 25.3 Å². The average Bonchev–Trinajstić information content (AvgIpc) is 2.82. The van der Waals surface area contributed by atoms with Crippen molar-refractivity contribution < 1.29 is 42.9 Å². The Hall–Kier alpha value is -4.02. The van der Waals surface area contributed by atoms with Crippen molar-refractivity contribution in [3.8, 4) is 5.75 Å². The van der Waals surface area contributed by atoms with Gasteiger partial charge in [-0.3, -0.25) is 0 Å². The number of amides is 2. The van der Waals surface area contributed by atoms with Gasteiger partial charge in [0, 0.05) is 18.6 Å². The zero-order valence-electron chi connectivity index (χ0n) is 18.2. The van der Waals surface area contributed by atoms with E-state index in [4.69, 9.17) is 23.7 Å². The minimum atomic E-state index is -0.648. The second-order valence-electron chi connectivity index (χ2n) is 6.11. The number of benzene rings is 1. The van der Waals surface area contributed by atoms with E-state index in [9.17, 15) is 19.2 Å². The highest BCUT2D eigenvalue weighted by Gasteiger charge is 2.04. The molecule has 2 amide bonds. The molecule has 0 radical (unpaired) electrons. The van der Waals surface area contributed by atoms with E-state index in [1.54, 1.807) is 12.1 Å². The number of nitrogens with one attached hydrogen (secondary N) is 2. The summed E-state index contributed by atoms with van der Waals surface area (Å²) in [6.07, 6.45) is 1.32. The van der Waals surface area contributed by atoms with Crippen molar-refractivity contribution >= 4 is 24.1 Å². The van der Waals surface area contributed by atoms with Crippen LogP contribution in [0, 0.1) is 0 Å². The van der Waals surface area contributed by atoms with Crippen molar-refractivity contribution in [3.05, 3.63) is 55.1 Å². The van der Waals surface area contributed by atoms with E-state index in [0.717, 1.165) is 17.7 Å². The molecule has 0 aromatic heterocycles. The first kappa shape index (κ1) is 27.0. The molecule has 0 fully saturated rings. The van der Waals surface area contributed by atoms with E-state index in [0.29, 0.717) is 12.2 Å². The lowest BCUT2D eigenvalue weighted by molar-refractivity contribution is -0.138. The summed E-state index contributed by atoms with van der Waals surface area (Å²) in [4.78, 5) is 44.7. The molecular weight excluding hydrogens is 436 g/mol. The van der Waals surface area contributed by atoms with Crippen LogP contribution in [-0.4, -0.2) is 70.2 Å². The van der Waals surface area contributed by atoms with E-state index in [2.05, 4.69) is 23.8 Å². The summed E-state index contributed by atoms with van der Waals surface area (Å²) in [7, 11) is 0. The molecule has 0 unspecified atom stereocenters. The highest BCUT2D eigenvalue weighted by Crippen LogP contribution is 2.12. The predicted molar refractivity (Wildman–Crippen MR) is 117 cm³/mol. The molecule has 0 saturated heterocycles. The van der Waals surface area contributed by atoms with Crippen LogP contribution in [-0.2, 0) is 35.0 Å². The number of esters is 2. The number of hydrogen-bond acceptors (Lipinski definition) is 9. The molecule has 2 N–H and O–H groups in total. The van der Waals surface area contributed by atoms with Gasteiger partial charge in [-0.05, 0) is 17.7 Å². The van der Waals surface area contributed by atoms with Crippen LogP contribution in [0.3, 0.4) is 0 Å². The third-order valence-electron chi connectivity index (χ3n) is 3.70. The Labute approximate surface area is 191 Å². The number of carbonyl (C=O) groups excluding carboxylic acids is 4.